The lowest BCUT2D eigenvalue weighted by Gasteiger charge is -2.14. The number of nitrogens with zero attached hydrogens (tertiary/aromatic N) is 3. The van der Waals surface area contributed by atoms with Crippen LogP contribution in [0.5, 0.6) is 6.01 Å². The third-order valence-corrected chi connectivity index (χ3v) is 2.95. The summed E-state index contributed by atoms with van der Waals surface area (Å²) in [4.78, 5) is 12.8. The van der Waals surface area contributed by atoms with Crippen LogP contribution in [0.15, 0.2) is 0 Å². The van der Waals surface area contributed by atoms with Gasteiger partial charge in [0.25, 0.3) is 0 Å². The van der Waals surface area contributed by atoms with E-state index in [2.05, 4.69) is 46.4 Å². The maximum absolute atomic E-state index is 5.11. The first kappa shape index (κ1) is 16.5. The minimum atomic E-state index is 0.335. The number of methoxy groups -OCH3 is 1. The molecule has 1 atom stereocenters. The fourth-order valence-electron chi connectivity index (χ4n) is 1.82. The second-order valence-corrected chi connectivity index (χ2v) is 4.94. The molecule has 0 saturated heterocycles. The zero-order valence-electron chi connectivity index (χ0n) is 13.1. The van der Waals surface area contributed by atoms with Crippen molar-refractivity contribution in [3.8, 4) is 6.01 Å². The molecular formula is C14H27N5O. The van der Waals surface area contributed by atoms with Crippen molar-refractivity contribution in [1.82, 2.24) is 15.0 Å². The van der Waals surface area contributed by atoms with Gasteiger partial charge in [0.05, 0.1) is 7.11 Å². The van der Waals surface area contributed by atoms with Gasteiger partial charge in [-0.15, -0.1) is 0 Å². The highest BCUT2D eigenvalue weighted by molar-refractivity contribution is 5.36. The number of hydrogen-bond acceptors (Lipinski definition) is 6. The number of nitrogens with one attached hydrogen (secondary N) is 2. The van der Waals surface area contributed by atoms with E-state index in [0.717, 1.165) is 19.4 Å². The molecule has 1 aromatic heterocycles. The quantitative estimate of drug-likeness (QED) is 0.642. The summed E-state index contributed by atoms with van der Waals surface area (Å²) in [5.41, 5.74) is 0. The minimum Gasteiger partial charge on any atom is -0.467 e. The Kier molecular flexibility index (Phi) is 7.69. The molecule has 0 amide bonds. The van der Waals surface area contributed by atoms with E-state index in [0.29, 0.717) is 23.9 Å². The fourth-order valence-corrected chi connectivity index (χ4v) is 1.82. The summed E-state index contributed by atoms with van der Waals surface area (Å²) in [6, 6.07) is 0.676. The largest absolute Gasteiger partial charge is 0.467 e. The molecule has 0 aromatic carbocycles. The van der Waals surface area contributed by atoms with Gasteiger partial charge < -0.3 is 15.4 Å². The standard InChI is InChI=1S/C14H27N5O/c1-5-7-8-9-11(3)16-13-17-12(15-10-6-2)18-14(19-13)20-4/h11H,5-10H2,1-4H3,(H2,15,16,17,18,19). The Morgan fingerprint density at radius 3 is 2.45 bits per heavy atom. The molecule has 0 aliphatic carbocycles. The van der Waals surface area contributed by atoms with Crippen LogP contribution in [0.4, 0.5) is 11.9 Å². The van der Waals surface area contributed by atoms with Crippen molar-refractivity contribution in [3.05, 3.63) is 0 Å². The van der Waals surface area contributed by atoms with Gasteiger partial charge in [-0.05, 0) is 19.8 Å². The van der Waals surface area contributed by atoms with Crippen molar-refractivity contribution >= 4 is 11.9 Å². The highest BCUT2D eigenvalue weighted by Gasteiger charge is 2.09. The third-order valence-electron chi connectivity index (χ3n) is 2.95. The molecule has 1 aromatic rings. The number of ether oxygens (including phenoxy) is 1. The van der Waals surface area contributed by atoms with Crippen LogP contribution in [0.3, 0.4) is 0 Å². The van der Waals surface area contributed by atoms with E-state index < -0.39 is 0 Å². The van der Waals surface area contributed by atoms with Crippen molar-refractivity contribution in [1.29, 1.82) is 0 Å². The first-order chi connectivity index (χ1) is 9.69. The highest BCUT2D eigenvalue weighted by atomic mass is 16.5. The molecule has 1 heterocycles. The summed E-state index contributed by atoms with van der Waals surface area (Å²) in [7, 11) is 1.56. The van der Waals surface area contributed by atoms with Crippen molar-refractivity contribution in [2.45, 2.75) is 58.9 Å². The van der Waals surface area contributed by atoms with Gasteiger partial charge in [0.15, 0.2) is 0 Å². The van der Waals surface area contributed by atoms with E-state index in [4.69, 9.17) is 4.74 Å². The zero-order valence-corrected chi connectivity index (χ0v) is 13.1. The lowest BCUT2D eigenvalue weighted by Crippen LogP contribution is -2.18. The first-order valence-corrected chi connectivity index (χ1v) is 7.50. The third kappa shape index (κ3) is 6.04. The van der Waals surface area contributed by atoms with Gasteiger partial charge in [-0.2, -0.15) is 15.0 Å². The van der Waals surface area contributed by atoms with Gasteiger partial charge in [-0.25, -0.2) is 0 Å². The number of unbranched alkanes of at least 4 members (excludes halogenated alkanes) is 2. The van der Waals surface area contributed by atoms with E-state index in [9.17, 15) is 0 Å². The van der Waals surface area contributed by atoms with Gasteiger partial charge in [0, 0.05) is 12.6 Å². The lowest BCUT2D eigenvalue weighted by molar-refractivity contribution is 0.379. The predicted molar refractivity (Wildman–Crippen MR) is 82.4 cm³/mol. The Bertz CT molecular complexity index is 386. The summed E-state index contributed by atoms with van der Waals surface area (Å²) in [5.74, 6) is 1.13. The van der Waals surface area contributed by atoms with Crippen LogP contribution in [0, 0.1) is 0 Å². The molecule has 114 valence electrons. The number of anilines is 2. The van der Waals surface area contributed by atoms with E-state index in [1.807, 2.05) is 0 Å². The van der Waals surface area contributed by atoms with Crippen LogP contribution in [0.25, 0.3) is 0 Å². The predicted octanol–water partition coefficient (Wildman–Crippen LogP) is 3.08. The summed E-state index contributed by atoms with van der Waals surface area (Å²) < 4.78 is 5.11. The first-order valence-electron chi connectivity index (χ1n) is 7.50. The number of aromatic nitrogens is 3. The maximum Gasteiger partial charge on any atom is 0.322 e. The van der Waals surface area contributed by atoms with E-state index >= 15 is 0 Å². The molecule has 0 aliphatic heterocycles. The second kappa shape index (κ2) is 9.34. The van der Waals surface area contributed by atoms with Crippen LogP contribution in [-0.4, -0.2) is 34.6 Å². The Balaban J connectivity index is 2.62. The van der Waals surface area contributed by atoms with E-state index in [1.54, 1.807) is 7.11 Å². The molecule has 0 bridgehead atoms. The van der Waals surface area contributed by atoms with Crippen LogP contribution >= 0.6 is 0 Å². The summed E-state index contributed by atoms with van der Waals surface area (Å²) in [6.45, 7) is 7.28. The minimum absolute atomic E-state index is 0.335. The summed E-state index contributed by atoms with van der Waals surface area (Å²) in [6.07, 6.45) is 5.84. The van der Waals surface area contributed by atoms with Crippen molar-refractivity contribution in [2.75, 3.05) is 24.3 Å². The summed E-state index contributed by atoms with van der Waals surface area (Å²) >= 11 is 0. The molecule has 0 saturated carbocycles. The molecule has 0 radical (unpaired) electrons. The van der Waals surface area contributed by atoms with Gasteiger partial charge in [-0.1, -0.05) is 33.1 Å². The molecule has 1 rings (SSSR count). The van der Waals surface area contributed by atoms with Gasteiger partial charge in [0.1, 0.15) is 0 Å². The Hall–Kier alpha value is -1.59. The van der Waals surface area contributed by atoms with E-state index in [1.165, 1.54) is 19.3 Å². The normalized spacial score (nSPS) is 12.0. The van der Waals surface area contributed by atoms with Gasteiger partial charge >= 0.3 is 6.01 Å². The SMILES string of the molecule is CCCCCC(C)Nc1nc(NCCC)nc(OC)n1. The van der Waals surface area contributed by atoms with Crippen molar-refractivity contribution < 1.29 is 4.74 Å². The second-order valence-electron chi connectivity index (χ2n) is 4.94. The average Bonchev–Trinajstić information content (AvgIpc) is 2.45. The number of rotatable bonds is 10. The van der Waals surface area contributed by atoms with Gasteiger partial charge in [-0.3, -0.25) is 0 Å². The highest BCUT2D eigenvalue weighted by Crippen LogP contribution is 2.13. The average molecular weight is 281 g/mol. The molecule has 0 spiro atoms. The maximum atomic E-state index is 5.11. The van der Waals surface area contributed by atoms with E-state index in [-0.39, 0.29) is 0 Å². The molecule has 6 nitrogen and oxygen atoms in total. The topological polar surface area (TPSA) is 72.0 Å². The van der Waals surface area contributed by atoms with Crippen molar-refractivity contribution in [3.63, 3.8) is 0 Å². The zero-order chi connectivity index (χ0) is 14.8. The smallest absolute Gasteiger partial charge is 0.322 e. The Morgan fingerprint density at radius 1 is 1.05 bits per heavy atom. The molecule has 6 heteroatoms. The van der Waals surface area contributed by atoms with Gasteiger partial charge in [0.2, 0.25) is 11.9 Å². The van der Waals surface area contributed by atoms with Crippen LogP contribution in [0.1, 0.15) is 52.9 Å². The molecule has 0 fully saturated rings. The number of hydrogen-bond donors (Lipinski definition) is 2. The monoisotopic (exact) mass is 281 g/mol. The Labute approximate surface area is 121 Å². The fraction of sp³-hybridized carbons (Fsp3) is 0.786. The summed E-state index contributed by atoms with van der Waals surface area (Å²) in [5, 5.41) is 6.46. The van der Waals surface area contributed by atoms with Crippen molar-refractivity contribution in [2.24, 2.45) is 0 Å². The van der Waals surface area contributed by atoms with Crippen LogP contribution in [-0.2, 0) is 0 Å². The Morgan fingerprint density at radius 2 is 1.80 bits per heavy atom. The molecule has 0 aliphatic rings. The lowest BCUT2D eigenvalue weighted by atomic mass is 10.1. The molecule has 20 heavy (non-hydrogen) atoms. The molecular weight excluding hydrogens is 254 g/mol. The van der Waals surface area contributed by atoms with Crippen LogP contribution in [0.2, 0.25) is 0 Å². The molecule has 2 N–H and O–H groups in total. The molecule has 1 unspecified atom stereocenters. The van der Waals surface area contributed by atoms with Crippen LogP contribution < -0.4 is 15.4 Å².